The van der Waals surface area contributed by atoms with E-state index in [4.69, 9.17) is 4.74 Å². The van der Waals surface area contributed by atoms with Gasteiger partial charge in [0.1, 0.15) is 6.54 Å². The molecule has 1 saturated carbocycles. The molecule has 10 nitrogen and oxygen atoms in total. The number of rotatable bonds is 7. The molecule has 2 aromatic rings. The molecule has 184 valence electrons. The third-order valence-corrected chi connectivity index (χ3v) is 7.86. The zero-order valence-corrected chi connectivity index (χ0v) is 20.3. The number of sulfonamides is 1. The second-order valence-electron chi connectivity index (χ2n) is 9.04. The molecule has 2 fully saturated rings. The van der Waals surface area contributed by atoms with E-state index in [1.165, 1.54) is 27.3 Å². The van der Waals surface area contributed by atoms with E-state index in [1.54, 1.807) is 18.3 Å². The standard InChI is InChI=1S/C23H31N5O5S/c1-16-12-28(13-17(2)33-16)34(31,32)21-9-5-6-18(10-21)23(30)26-20-11-24-27(14-20)15-22(29)25-19-7-3-4-8-19/h5-6,9-11,14,16-17,19H,3-4,7-8,12-13,15H2,1-2H3,(H,25,29)(H,26,30). The van der Waals surface area contributed by atoms with E-state index < -0.39 is 15.9 Å². The number of aromatic nitrogens is 2. The monoisotopic (exact) mass is 489 g/mol. The van der Waals surface area contributed by atoms with E-state index >= 15 is 0 Å². The lowest BCUT2D eigenvalue weighted by atomic mass is 10.2. The van der Waals surface area contributed by atoms with Crippen molar-refractivity contribution in [3.8, 4) is 0 Å². The Labute approximate surface area is 199 Å². The van der Waals surface area contributed by atoms with Crippen LogP contribution in [0.3, 0.4) is 0 Å². The Bertz CT molecular complexity index is 1130. The number of anilines is 1. The number of ether oxygens (including phenoxy) is 1. The number of nitrogens with zero attached hydrogens (tertiary/aromatic N) is 3. The molecule has 1 saturated heterocycles. The van der Waals surface area contributed by atoms with E-state index in [9.17, 15) is 18.0 Å². The third-order valence-electron chi connectivity index (χ3n) is 6.04. The topological polar surface area (TPSA) is 123 Å². The molecule has 2 atom stereocenters. The van der Waals surface area contributed by atoms with Gasteiger partial charge in [0, 0.05) is 30.9 Å². The first-order valence-corrected chi connectivity index (χ1v) is 13.0. The largest absolute Gasteiger partial charge is 0.373 e. The maximum atomic E-state index is 13.1. The first-order chi connectivity index (χ1) is 16.2. The van der Waals surface area contributed by atoms with E-state index in [2.05, 4.69) is 15.7 Å². The van der Waals surface area contributed by atoms with Crippen LogP contribution in [0, 0.1) is 0 Å². The Morgan fingerprint density at radius 1 is 1.15 bits per heavy atom. The van der Waals surface area contributed by atoms with Crippen LogP contribution in [0.5, 0.6) is 0 Å². The zero-order valence-electron chi connectivity index (χ0n) is 19.4. The molecule has 11 heteroatoms. The number of carbonyl (C=O) groups is 2. The summed E-state index contributed by atoms with van der Waals surface area (Å²) in [6, 6.07) is 6.19. The first kappa shape index (κ1) is 24.4. The first-order valence-electron chi connectivity index (χ1n) is 11.6. The molecule has 34 heavy (non-hydrogen) atoms. The molecule has 2 unspecified atom stereocenters. The number of amides is 2. The van der Waals surface area contributed by atoms with Gasteiger partial charge < -0.3 is 15.4 Å². The highest BCUT2D eigenvalue weighted by Crippen LogP contribution is 2.22. The van der Waals surface area contributed by atoms with E-state index in [-0.39, 0.29) is 54.3 Å². The highest BCUT2D eigenvalue weighted by atomic mass is 32.2. The number of hydrogen-bond acceptors (Lipinski definition) is 6. The lowest BCUT2D eigenvalue weighted by Crippen LogP contribution is -2.48. The quantitative estimate of drug-likeness (QED) is 0.613. The van der Waals surface area contributed by atoms with Gasteiger partial charge in [0.2, 0.25) is 15.9 Å². The summed E-state index contributed by atoms with van der Waals surface area (Å²) in [4.78, 5) is 25.0. The Morgan fingerprint density at radius 3 is 2.56 bits per heavy atom. The van der Waals surface area contributed by atoms with Crippen LogP contribution >= 0.6 is 0 Å². The zero-order chi connectivity index (χ0) is 24.3. The molecule has 1 aliphatic carbocycles. The van der Waals surface area contributed by atoms with Gasteiger partial charge in [-0.25, -0.2) is 8.42 Å². The van der Waals surface area contributed by atoms with Crippen LogP contribution in [-0.4, -0.2) is 65.7 Å². The van der Waals surface area contributed by atoms with Gasteiger partial charge >= 0.3 is 0 Å². The Kier molecular flexibility index (Phi) is 7.34. The fourth-order valence-electron chi connectivity index (χ4n) is 4.48. The normalized spacial score (nSPS) is 21.9. The molecule has 0 bridgehead atoms. The number of benzene rings is 1. The fourth-order valence-corrected chi connectivity index (χ4v) is 6.12. The van der Waals surface area contributed by atoms with Crippen LogP contribution in [0.4, 0.5) is 5.69 Å². The van der Waals surface area contributed by atoms with Gasteiger partial charge in [-0.15, -0.1) is 0 Å². The number of carbonyl (C=O) groups excluding carboxylic acids is 2. The van der Waals surface area contributed by atoms with Crippen LogP contribution in [0.15, 0.2) is 41.6 Å². The second kappa shape index (κ2) is 10.2. The number of hydrogen-bond donors (Lipinski definition) is 2. The summed E-state index contributed by atoms with van der Waals surface area (Å²) in [6.07, 6.45) is 6.89. The summed E-state index contributed by atoms with van der Waals surface area (Å²) >= 11 is 0. The summed E-state index contributed by atoms with van der Waals surface area (Å²) < 4.78 is 34.7. The van der Waals surface area contributed by atoms with Crippen molar-refractivity contribution in [2.75, 3.05) is 18.4 Å². The predicted octanol–water partition coefficient (Wildman–Crippen LogP) is 1.99. The molecule has 0 spiro atoms. The molecular formula is C23H31N5O5S. The van der Waals surface area contributed by atoms with Gasteiger partial charge in [0.15, 0.2) is 0 Å². The molecule has 4 rings (SSSR count). The maximum absolute atomic E-state index is 13.1. The smallest absolute Gasteiger partial charge is 0.255 e. The van der Waals surface area contributed by atoms with Crippen molar-refractivity contribution >= 4 is 27.5 Å². The van der Waals surface area contributed by atoms with Gasteiger partial charge in [-0.1, -0.05) is 18.9 Å². The lowest BCUT2D eigenvalue weighted by Gasteiger charge is -2.34. The number of morpholine rings is 1. The minimum Gasteiger partial charge on any atom is -0.373 e. The third kappa shape index (κ3) is 5.83. The van der Waals surface area contributed by atoms with Crippen molar-refractivity contribution in [2.45, 2.75) is 69.2 Å². The Balaban J connectivity index is 1.39. The molecular weight excluding hydrogens is 458 g/mol. The van der Waals surface area contributed by atoms with Crippen LogP contribution in [0.1, 0.15) is 49.9 Å². The summed E-state index contributed by atoms with van der Waals surface area (Å²) in [5.41, 5.74) is 0.630. The van der Waals surface area contributed by atoms with E-state index in [1.807, 2.05) is 13.8 Å². The molecule has 1 aromatic carbocycles. The van der Waals surface area contributed by atoms with Gasteiger partial charge in [-0.05, 0) is 44.9 Å². The lowest BCUT2D eigenvalue weighted by molar-refractivity contribution is -0.122. The predicted molar refractivity (Wildman–Crippen MR) is 126 cm³/mol. The molecule has 2 N–H and O–H groups in total. The second-order valence-corrected chi connectivity index (χ2v) is 11.0. The average Bonchev–Trinajstić information content (AvgIpc) is 3.45. The van der Waals surface area contributed by atoms with Gasteiger partial charge in [-0.2, -0.15) is 9.40 Å². The van der Waals surface area contributed by atoms with Gasteiger partial charge in [-0.3, -0.25) is 14.3 Å². The molecule has 2 amide bonds. The SMILES string of the molecule is CC1CN(S(=O)(=O)c2cccc(C(=O)Nc3cnn(CC(=O)NC4CCCC4)c3)c2)CC(C)O1. The summed E-state index contributed by atoms with van der Waals surface area (Å²) in [5, 5.41) is 9.85. The van der Waals surface area contributed by atoms with Crippen molar-refractivity contribution < 1.29 is 22.7 Å². The van der Waals surface area contributed by atoms with Crippen molar-refractivity contribution in [3.63, 3.8) is 0 Å². The molecule has 0 radical (unpaired) electrons. The number of nitrogens with one attached hydrogen (secondary N) is 2. The molecule has 2 heterocycles. The summed E-state index contributed by atoms with van der Waals surface area (Å²) in [5.74, 6) is -0.576. The van der Waals surface area contributed by atoms with Crippen LogP contribution in [-0.2, 0) is 26.1 Å². The highest BCUT2D eigenvalue weighted by molar-refractivity contribution is 7.89. The van der Waals surface area contributed by atoms with E-state index in [0.717, 1.165) is 25.7 Å². The molecule has 2 aliphatic rings. The molecule has 1 aromatic heterocycles. The summed E-state index contributed by atoms with van der Waals surface area (Å²) in [6.45, 7) is 4.25. The average molecular weight is 490 g/mol. The van der Waals surface area contributed by atoms with Gasteiger partial charge in [0.25, 0.3) is 5.91 Å². The van der Waals surface area contributed by atoms with Crippen LogP contribution < -0.4 is 10.6 Å². The fraction of sp³-hybridized carbons (Fsp3) is 0.522. The highest BCUT2D eigenvalue weighted by Gasteiger charge is 2.32. The van der Waals surface area contributed by atoms with Crippen molar-refractivity contribution in [2.24, 2.45) is 0 Å². The Morgan fingerprint density at radius 2 is 1.85 bits per heavy atom. The van der Waals surface area contributed by atoms with Crippen LogP contribution in [0.25, 0.3) is 0 Å². The van der Waals surface area contributed by atoms with Crippen LogP contribution in [0.2, 0.25) is 0 Å². The van der Waals surface area contributed by atoms with Crippen molar-refractivity contribution in [1.82, 2.24) is 19.4 Å². The minimum absolute atomic E-state index is 0.0562. The van der Waals surface area contributed by atoms with Gasteiger partial charge in [0.05, 0.1) is 29.0 Å². The van der Waals surface area contributed by atoms with Crippen molar-refractivity contribution in [3.05, 3.63) is 42.2 Å². The maximum Gasteiger partial charge on any atom is 0.255 e. The molecule has 1 aliphatic heterocycles. The summed E-state index contributed by atoms with van der Waals surface area (Å²) in [7, 11) is -3.76. The Hall–Kier alpha value is -2.76. The van der Waals surface area contributed by atoms with E-state index in [0.29, 0.717) is 5.69 Å². The minimum atomic E-state index is -3.76. The van der Waals surface area contributed by atoms with Crippen molar-refractivity contribution in [1.29, 1.82) is 0 Å².